The van der Waals surface area contributed by atoms with Crippen LogP contribution in [-0.2, 0) is 4.79 Å². The number of alkyl halides is 3. The van der Waals surface area contributed by atoms with Gasteiger partial charge in [-0.1, -0.05) is 0 Å². The van der Waals surface area contributed by atoms with E-state index in [4.69, 9.17) is 5.11 Å². The molecule has 0 aromatic carbocycles. The highest BCUT2D eigenvalue weighted by Crippen LogP contribution is 2.31. The van der Waals surface area contributed by atoms with Crippen molar-refractivity contribution in [3.05, 3.63) is 0 Å². The first-order chi connectivity index (χ1) is 7.31. The summed E-state index contributed by atoms with van der Waals surface area (Å²) in [5, 5.41) is 8.84. The Morgan fingerprint density at radius 3 is 2.62 bits per heavy atom. The third-order valence-corrected chi connectivity index (χ3v) is 3.56. The van der Waals surface area contributed by atoms with Crippen LogP contribution in [0.4, 0.5) is 13.2 Å². The van der Waals surface area contributed by atoms with Crippen LogP contribution in [0.25, 0.3) is 0 Å². The molecule has 0 aliphatic carbocycles. The van der Waals surface area contributed by atoms with Crippen LogP contribution in [0.3, 0.4) is 0 Å². The second-order valence-electron chi connectivity index (χ2n) is 3.80. The summed E-state index contributed by atoms with van der Waals surface area (Å²) in [6.07, 6.45) is 0.521. The lowest BCUT2D eigenvalue weighted by Crippen LogP contribution is -2.34. The van der Waals surface area contributed by atoms with Crippen LogP contribution < -0.4 is 0 Å². The Labute approximate surface area is 96.0 Å². The highest BCUT2D eigenvalue weighted by molar-refractivity contribution is 8.00. The molecule has 1 rings (SSSR count). The van der Waals surface area contributed by atoms with Crippen LogP contribution in [0.15, 0.2) is 0 Å². The number of nitrogens with zero attached hydrogens (tertiary/aromatic N) is 1. The lowest BCUT2D eigenvalue weighted by Gasteiger charge is -2.22. The van der Waals surface area contributed by atoms with Crippen molar-refractivity contribution in [1.29, 1.82) is 0 Å². The van der Waals surface area contributed by atoms with Gasteiger partial charge in [0.2, 0.25) is 0 Å². The molecule has 0 aromatic heterocycles. The number of likely N-dealkylation sites (tertiary alicyclic amines) is 1. The van der Waals surface area contributed by atoms with Crippen molar-refractivity contribution in [3.63, 3.8) is 0 Å². The van der Waals surface area contributed by atoms with Gasteiger partial charge in [-0.25, -0.2) is 0 Å². The van der Waals surface area contributed by atoms with E-state index in [1.54, 1.807) is 11.8 Å². The first-order valence-electron chi connectivity index (χ1n) is 4.99. The molecule has 0 radical (unpaired) electrons. The van der Waals surface area contributed by atoms with E-state index in [0.717, 1.165) is 0 Å². The second-order valence-corrected chi connectivity index (χ2v) is 4.96. The van der Waals surface area contributed by atoms with E-state index in [9.17, 15) is 18.0 Å². The number of rotatable bonds is 4. The molecule has 0 bridgehead atoms. The molecule has 16 heavy (non-hydrogen) atoms. The lowest BCUT2D eigenvalue weighted by molar-refractivity contribution is -0.142. The van der Waals surface area contributed by atoms with E-state index in [2.05, 4.69) is 0 Å². The summed E-state index contributed by atoms with van der Waals surface area (Å²) >= 11 is -0.0570. The lowest BCUT2D eigenvalue weighted by atomic mass is 10.0. The van der Waals surface area contributed by atoms with Crippen LogP contribution in [0, 0.1) is 5.92 Å². The van der Waals surface area contributed by atoms with E-state index in [0.29, 0.717) is 13.0 Å². The van der Waals surface area contributed by atoms with Gasteiger partial charge in [-0.3, -0.25) is 9.69 Å². The number of carboxylic acid groups (broad SMARTS) is 1. The van der Waals surface area contributed by atoms with Crippen LogP contribution >= 0.6 is 11.8 Å². The van der Waals surface area contributed by atoms with Gasteiger partial charge in [0.05, 0.1) is 5.92 Å². The van der Waals surface area contributed by atoms with Crippen LogP contribution in [0.5, 0.6) is 0 Å². The fourth-order valence-electron chi connectivity index (χ4n) is 1.93. The Kier molecular flexibility index (Phi) is 4.49. The number of thioether (sulfide) groups is 1. The predicted molar refractivity (Wildman–Crippen MR) is 55.3 cm³/mol. The fraction of sp³-hybridized carbons (Fsp3) is 0.889. The summed E-state index contributed by atoms with van der Waals surface area (Å²) in [6.45, 7) is 2.61. The van der Waals surface area contributed by atoms with Gasteiger partial charge < -0.3 is 5.11 Å². The maximum Gasteiger partial charge on any atom is 0.441 e. The molecule has 1 aliphatic heterocycles. The van der Waals surface area contributed by atoms with Crippen molar-refractivity contribution in [2.75, 3.05) is 18.8 Å². The Balaban J connectivity index is 2.32. The zero-order chi connectivity index (χ0) is 12.3. The number of carboxylic acids is 1. The van der Waals surface area contributed by atoms with Crippen LogP contribution in [-0.4, -0.2) is 46.4 Å². The standard InChI is InChI=1S/C9H14F3NO2S/c1-6-7(8(14)15)2-3-13(6)4-5-16-9(10,11)12/h6-7H,2-5H2,1H3,(H,14,15). The highest BCUT2D eigenvalue weighted by Gasteiger charge is 2.36. The summed E-state index contributed by atoms with van der Waals surface area (Å²) in [5.41, 5.74) is -4.20. The van der Waals surface area contributed by atoms with E-state index in [-0.39, 0.29) is 30.1 Å². The summed E-state index contributed by atoms with van der Waals surface area (Å²) in [6, 6.07) is -0.175. The van der Waals surface area contributed by atoms with Gasteiger partial charge in [-0.15, -0.1) is 0 Å². The highest BCUT2D eigenvalue weighted by atomic mass is 32.2. The quantitative estimate of drug-likeness (QED) is 0.836. The van der Waals surface area contributed by atoms with Gasteiger partial charge in [-0.2, -0.15) is 13.2 Å². The molecule has 0 saturated carbocycles. The van der Waals surface area contributed by atoms with Crippen molar-refractivity contribution in [2.45, 2.75) is 24.9 Å². The van der Waals surface area contributed by atoms with Crippen molar-refractivity contribution < 1.29 is 23.1 Å². The summed E-state index contributed by atoms with van der Waals surface area (Å²) in [4.78, 5) is 12.6. The molecule has 1 N–H and O–H groups in total. The van der Waals surface area contributed by atoms with Crippen molar-refractivity contribution in [1.82, 2.24) is 4.90 Å². The van der Waals surface area contributed by atoms with Gasteiger partial charge >= 0.3 is 11.5 Å². The Morgan fingerprint density at radius 2 is 2.19 bits per heavy atom. The maximum absolute atomic E-state index is 11.9. The first kappa shape index (κ1) is 13.6. The molecule has 94 valence electrons. The molecular weight excluding hydrogens is 243 g/mol. The third kappa shape index (κ3) is 3.86. The largest absolute Gasteiger partial charge is 0.481 e. The van der Waals surface area contributed by atoms with Gasteiger partial charge in [-0.05, 0) is 31.7 Å². The maximum atomic E-state index is 11.9. The molecule has 1 heterocycles. The molecule has 2 unspecified atom stereocenters. The van der Waals surface area contributed by atoms with Gasteiger partial charge in [0.15, 0.2) is 0 Å². The molecule has 1 fully saturated rings. The Hall–Kier alpha value is -0.430. The average molecular weight is 257 g/mol. The molecule has 0 aromatic rings. The smallest absolute Gasteiger partial charge is 0.441 e. The Bertz CT molecular complexity index is 260. The first-order valence-corrected chi connectivity index (χ1v) is 5.97. The van der Waals surface area contributed by atoms with Crippen LogP contribution in [0.1, 0.15) is 13.3 Å². The monoisotopic (exact) mass is 257 g/mol. The van der Waals surface area contributed by atoms with Crippen molar-refractivity contribution >= 4 is 17.7 Å². The second kappa shape index (κ2) is 5.27. The predicted octanol–water partition coefficient (Wildman–Crippen LogP) is 2.03. The number of carbonyl (C=O) groups is 1. The number of halogens is 3. The SMILES string of the molecule is CC1C(C(=O)O)CCN1CCSC(F)(F)F. The van der Waals surface area contributed by atoms with E-state index < -0.39 is 17.4 Å². The van der Waals surface area contributed by atoms with Gasteiger partial charge in [0, 0.05) is 18.3 Å². The zero-order valence-corrected chi connectivity index (χ0v) is 9.64. The molecule has 0 amide bonds. The molecule has 2 atom stereocenters. The molecule has 1 aliphatic rings. The topological polar surface area (TPSA) is 40.5 Å². The zero-order valence-electron chi connectivity index (χ0n) is 8.83. The number of aliphatic carboxylic acids is 1. The normalized spacial score (nSPS) is 27.2. The summed E-state index contributed by atoms with van der Waals surface area (Å²) < 4.78 is 35.6. The van der Waals surface area contributed by atoms with Crippen molar-refractivity contribution in [3.8, 4) is 0 Å². The summed E-state index contributed by atoms with van der Waals surface area (Å²) in [5.74, 6) is -1.35. The molecule has 3 nitrogen and oxygen atoms in total. The van der Waals surface area contributed by atoms with Crippen molar-refractivity contribution in [2.24, 2.45) is 5.92 Å². The minimum absolute atomic E-state index is 0.0415. The molecular formula is C9H14F3NO2S. The van der Waals surface area contributed by atoms with Gasteiger partial charge in [0.1, 0.15) is 0 Å². The van der Waals surface area contributed by atoms with E-state index >= 15 is 0 Å². The number of hydrogen-bond donors (Lipinski definition) is 1. The van der Waals surface area contributed by atoms with Crippen LogP contribution in [0.2, 0.25) is 0 Å². The minimum Gasteiger partial charge on any atom is -0.481 e. The molecule has 0 spiro atoms. The fourth-order valence-corrected chi connectivity index (χ4v) is 2.49. The number of hydrogen-bond acceptors (Lipinski definition) is 3. The van der Waals surface area contributed by atoms with Gasteiger partial charge in [0.25, 0.3) is 0 Å². The summed E-state index contributed by atoms with van der Waals surface area (Å²) in [7, 11) is 0. The third-order valence-electron chi connectivity index (χ3n) is 2.85. The van der Waals surface area contributed by atoms with E-state index in [1.165, 1.54) is 0 Å². The Morgan fingerprint density at radius 1 is 1.56 bits per heavy atom. The molecule has 7 heteroatoms. The molecule has 1 saturated heterocycles. The van der Waals surface area contributed by atoms with E-state index in [1.807, 2.05) is 0 Å². The average Bonchev–Trinajstić information content (AvgIpc) is 2.46. The minimum atomic E-state index is -4.20.